The summed E-state index contributed by atoms with van der Waals surface area (Å²) < 4.78 is 6.53. The van der Waals surface area contributed by atoms with Gasteiger partial charge in [-0.1, -0.05) is 35.8 Å². The highest BCUT2D eigenvalue weighted by Crippen LogP contribution is 2.44. The molecule has 1 atom stereocenters. The number of aromatic amines is 1. The molecule has 2 aromatic carbocycles. The molecule has 0 amide bonds. The predicted octanol–water partition coefficient (Wildman–Crippen LogP) is 3.53. The maximum absolute atomic E-state index is 13.2. The summed E-state index contributed by atoms with van der Waals surface area (Å²) >= 11 is 3.48. The van der Waals surface area contributed by atoms with Gasteiger partial charge in [-0.25, -0.2) is 0 Å². The van der Waals surface area contributed by atoms with Crippen LogP contribution in [-0.2, 0) is 5.41 Å². The van der Waals surface area contributed by atoms with Crippen molar-refractivity contribution >= 4 is 32.6 Å². The predicted molar refractivity (Wildman–Crippen MR) is 107 cm³/mol. The lowest BCUT2D eigenvalue weighted by Crippen LogP contribution is -2.30. The molecule has 1 aliphatic carbocycles. The number of ether oxygens (including phenoxy) is 1. The molecular weight excluding hydrogens is 410 g/mol. The van der Waals surface area contributed by atoms with Crippen molar-refractivity contribution in [2.24, 2.45) is 0 Å². The molecule has 1 unspecified atom stereocenters. The summed E-state index contributed by atoms with van der Waals surface area (Å²) in [6.07, 6.45) is -0.936. The fourth-order valence-electron chi connectivity index (χ4n) is 3.72. The number of hydrogen-bond donors (Lipinski definition) is 3. The van der Waals surface area contributed by atoms with Crippen molar-refractivity contribution in [2.75, 3.05) is 13.2 Å². The number of ketones is 1. The SMILES string of the molecule is CC1(C)c2cc(OCC(O)CO)ccc2C(=O)c2c1[nH]c1cc(Br)ccc21. The molecule has 0 aliphatic heterocycles. The molecular formula is C21H20BrNO4. The van der Waals surface area contributed by atoms with Crippen LogP contribution in [0.2, 0.25) is 0 Å². The third-order valence-electron chi connectivity index (χ3n) is 5.17. The van der Waals surface area contributed by atoms with E-state index in [2.05, 4.69) is 34.8 Å². The summed E-state index contributed by atoms with van der Waals surface area (Å²) in [5.74, 6) is 0.555. The first-order valence-corrected chi connectivity index (χ1v) is 9.55. The van der Waals surface area contributed by atoms with E-state index in [1.165, 1.54) is 0 Å². The molecule has 3 aromatic rings. The van der Waals surface area contributed by atoms with Gasteiger partial charge in [0.25, 0.3) is 0 Å². The van der Waals surface area contributed by atoms with E-state index in [4.69, 9.17) is 9.84 Å². The lowest BCUT2D eigenvalue weighted by atomic mass is 9.71. The third kappa shape index (κ3) is 2.88. The van der Waals surface area contributed by atoms with Crippen LogP contribution in [-0.4, -0.2) is 40.3 Å². The Kier molecular flexibility index (Phi) is 4.37. The fraction of sp³-hybridized carbons (Fsp3) is 0.286. The Labute approximate surface area is 165 Å². The van der Waals surface area contributed by atoms with E-state index >= 15 is 0 Å². The standard InChI is InChI=1S/C21H20BrNO4/c1-21(2)16-8-13(27-10-12(25)9-24)4-6-14(16)19(26)18-15-5-3-11(22)7-17(15)23-20(18)21/h3-8,12,23-25H,9-10H2,1-2H3. The van der Waals surface area contributed by atoms with E-state index in [9.17, 15) is 9.90 Å². The molecule has 1 aromatic heterocycles. The van der Waals surface area contributed by atoms with Crippen LogP contribution in [0.5, 0.6) is 5.75 Å². The highest BCUT2D eigenvalue weighted by molar-refractivity contribution is 9.10. The maximum Gasteiger partial charge on any atom is 0.195 e. The summed E-state index contributed by atoms with van der Waals surface area (Å²) in [6, 6.07) is 11.2. The first kappa shape index (κ1) is 18.2. The van der Waals surface area contributed by atoms with Gasteiger partial charge in [-0.2, -0.15) is 0 Å². The van der Waals surface area contributed by atoms with Gasteiger partial charge in [-0.15, -0.1) is 0 Å². The molecule has 140 valence electrons. The average Bonchev–Trinajstić information content (AvgIpc) is 3.04. The highest BCUT2D eigenvalue weighted by atomic mass is 79.9. The number of benzene rings is 2. The van der Waals surface area contributed by atoms with Crippen molar-refractivity contribution in [3.63, 3.8) is 0 Å². The number of fused-ring (bicyclic) bond motifs is 4. The van der Waals surface area contributed by atoms with Crippen LogP contribution < -0.4 is 4.74 Å². The topological polar surface area (TPSA) is 82.5 Å². The molecule has 6 heteroatoms. The molecule has 0 radical (unpaired) electrons. The van der Waals surface area contributed by atoms with Crippen molar-refractivity contribution in [3.8, 4) is 5.75 Å². The van der Waals surface area contributed by atoms with Crippen LogP contribution in [0, 0.1) is 0 Å². The number of halogens is 1. The Morgan fingerprint density at radius 2 is 2.00 bits per heavy atom. The number of aliphatic hydroxyl groups is 2. The van der Waals surface area contributed by atoms with Gasteiger partial charge in [0.1, 0.15) is 18.5 Å². The van der Waals surface area contributed by atoms with E-state index in [0.717, 1.165) is 32.2 Å². The normalized spacial score (nSPS) is 16.1. The summed E-state index contributed by atoms with van der Waals surface area (Å²) in [5.41, 5.74) is 3.65. The number of carbonyl (C=O) groups excluding carboxylic acids is 1. The highest BCUT2D eigenvalue weighted by Gasteiger charge is 2.39. The largest absolute Gasteiger partial charge is 0.491 e. The fourth-order valence-corrected chi connectivity index (χ4v) is 4.08. The molecule has 3 N–H and O–H groups in total. The van der Waals surface area contributed by atoms with Crippen molar-refractivity contribution < 1.29 is 19.7 Å². The second-order valence-corrected chi connectivity index (χ2v) is 8.29. The number of rotatable bonds is 4. The van der Waals surface area contributed by atoms with Crippen LogP contribution in [0.25, 0.3) is 10.9 Å². The summed E-state index contributed by atoms with van der Waals surface area (Å²) in [5, 5.41) is 19.4. The average molecular weight is 430 g/mol. The zero-order valence-electron chi connectivity index (χ0n) is 15.0. The summed E-state index contributed by atoms with van der Waals surface area (Å²) in [7, 11) is 0. The van der Waals surface area contributed by atoms with Crippen LogP contribution in [0.15, 0.2) is 40.9 Å². The Morgan fingerprint density at radius 1 is 1.22 bits per heavy atom. The van der Waals surface area contributed by atoms with Crippen LogP contribution in [0.3, 0.4) is 0 Å². The zero-order valence-corrected chi connectivity index (χ0v) is 16.6. The lowest BCUT2D eigenvalue weighted by molar-refractivity contribution is 0.0535. The molecule has 27 heavy (non-hydrogen) atoms. The van der Waals surface area contributed by atoms with Gasteiger partial charge in [-0.05, 0) is 35.9 Å². The number of carbonyl (C=O) groups is 1. The van der Waals surface area contributed by atoms with Crippen LogP contribution in [0.1, 0.15) is 41.0 Å². The Morgan fingerprint density at radius 3 is 2.74 bits per heavy atom. The molecule has 1 aliphatic rings. The molecule has 4 rings (SSSR count). The first-order valence-electron chi connectivity index (χ1n) is 8.75. The van der Waals surface area contributed by atoms with Gasteiger partial charge in [0, 0.05) is 32.0 Å². The molecule has 5 nitrogen and oxygen atoms in total. The summed E-state index contributed by atoms with van der Waals surface area (Å²) in [6.45, 7) is 3.79. The molecule has 0 spiro atoms. The zero-order chi connectivity index (χ0) is 19.3. The Hall–Kier alpha value is -2.15. The molecule has 0 bridgehead atoms. The van der Waals surface area contributed by atoms with Gasteiger partial charge in [0.2, 0.25) is 0 Å². The summed E-state index contributed by atoms with van der Waals surface area (Å²) in [4.78, 5) is 16.7. The first-order chi connectivity index (χ1) is 12.8. The number of aromatic nitrogens is 1. The van der Waals surface area contributed by atoms with Gasteiger partial charge in [0.05, 0.1) is 12.2 Å². The number of H-pyrrole nitrogens is 1. The second-order valence-electron chi connectivity index (χ2n) is 7.37. The Bertz CT molecular complexity index is 1050. The smallest absolute Gasteiger partial charge is 0.195 e. The molecule has 0 fully saturated rings. The quantitative estimate of drug-likeness (QED) is 0.592. The molecule has 1 heterocycles. The number of aliphatic hydroxyl groups excluding tert-OH is 2. The van der Waals surface area contributed by atoms with Crippen molar-refractivity contribution in [2.45, 2.75) is 25.4 Å². The van der Waals surface area contributed by atoms with Crippen LogP contribution in [0.4, 0.5) is 0 Å². The van der Waals surface area contributed by atoms with E-state index in [1.807, 2.05) is 24.3 Å². The number of nitrogens with one attached hydrogen (secondary N) is 1. The monoisotopic (exact) mass is 429 g/mol. The van der Waals surface area contributed by atoms with Crippen molar-refractivity contribution in [1.29, 1.82) is 0 Å². The van der Waals surface area contributed by atoms with Gasteiger partial charge < -0.3 is 19.9 Å². The molecule has 0 saturated heterocycles. The second kappa shape index (κ2) is 6.48. The maximum atomic E-state index is 13.2. The van der Waals surface area contributed by atoms with Crippen molar-refractivity contribution in [1.82, 2.24) is 4.98 Å². The minimum atomic E-state index is -0.936. The minimum absolute atomic E-state index is 0.00464. The third-order valence-corrected chi connectivity index (χ3v) is 5.67. The Balaban J connectivity index is 1.83. The number of hydrogen-bond acceptors (Lipinski definition) is 4. The minimum Gasteiger partial charge on any atom is -0.491 e. The lowest BCUT2D eigenvalue weighted by Gasteiger charge is -2.32. The van der Waals surface area contributed by atoms with Gasteiger partial charge in [0.15, 0.2) is 5.78 Å². The molecule has 0 saturated carbocycles. The van der Waals surface area contributed by atoms with E-state index in [-0.39, 0.29) is 19.0 Å². The van der Waals surface area contributed by atoms with Crippen LogP contribution >= 0.6 is 15.9 Å². The van der Waals surface area contributed by atoms with Gasteiger partial charge >= 0.3 is 0 Å². The van der Waals surface area contributed by atoms with E-state index in [0.29, 0.717) is 11.3 Å². The van der Waals surface area contributed by atoms with Gasteiger partial charge in [-0.3, -0.25) is 4.79 Å². The van der Waals surface area contributed by atoms with E-state index in [1.54, 1.807) is 12.1 Å². The van der Waals surface area contributed by atoms with Crippen molar-refractivity contribution in [3.05, 3.63) is 63.3 Å². The van der Waals surface area contributed by atoms with E-state index < -0.39 is 11.5 Å².